The summed E-state index contributed by atoms with van der Waals surface area (Å²) in [4.78, 5) is 16.3. The lowest BCUT2D eigenvalue weighted by Gasteiger charge is -2.26. The van der Waals surface area contributed by atoms with Gasteiger partial charge in [-0.15, -0.1) is 0 Å². The van der Waals surface area contributed by atoms with E-state index in [1.807, 2.05) is 13.8 Å². The van der Waals surface area contributed by atoms with Gasteiger partial charge in [-0.05, 0) is 49.4 Å². The summed E-state index contributed by atoms with van der Waals surface area (Å²) < 4.78 is 12.5. The van der Waals surface area contributed by atoms with Crippen LogP contribution in [0.25, 0.3) is 0 Å². The molecule has 0 aliphatic heterocycles. The van der Waals surface area contributed by atoms with Gasteiger partial charge in [-0.3, -0.25) is 4.79 Å². The maximum atomic E-state index is 12.5. The van der Waals surface area contributed by atoms with E-state index < -0.39 is 5.82 Å². The molecule has 0 unspecified atom stereocenters. The van der Waals surface area contributed by atoms with Crippen LogP contribution in [0.3, 0.4) is 0 Å². The zero-order chi connectivity index (χ0) is 23.8. The Kier molecular flexibility index (Phi) is 16.2. The summed E-state index contributed by atoms with van der Waals surface area (Å²) in [5, 5.41) is 3.53. The third kappa shape index (κ3) is 11.6. The molecule has 0 fully saturated rings. The van der Waals surface area contributed by atoms with E-state index in [0.29, 0.717) is 22.3 Å². The number of aromatic nitrogens is 1. The second-order valence-corrected chi connectivity index (χ2v) is 8.02. The fourth-order valence-corrected chi connectivity index (χ4v) is 3.41. The number of nitrogens with zero attached hydrogens (tertiary/aromatic N) is 2. The lowest BCUT2D eigenvalue weighted by Crippen LogP contribution is -2.26. The second-order valence-electron chi connectivity index (χ2n) is 6.85. The predicted octanol–water partition coefficient (Wildman–Crippen LogP) is 8.11. The number of carbonyl (C=O) groups excluding carboxylic acids is 1. The van der Waals surface area contributed by atoms with Gasteiger partial charge in [-0.25, -0.2) is 9.37 Å². The first-order valence-electron chi connectivity index (χ1n) is 10.5. The number of halogens is 4. The van der Waals surface area contributed by atoms with Gasteiger partial charge in [0.1, 0.15) is 5.82 Å². The van der Waals surface area contributed by atoms with Crippen molar-refractivity contribution in [1.29, 1.82) is 0 Å². The number of hydrogen-bond donors (Lipinski definition) is 1. The number of rotatable bonds is 9. The highest BCUT2D eigenvalue weighted by molar-refractivity contribution is 6.38. The summed E-state index contributed by atoms with van der Waals surface area (Å²) in [6.45, 7) is 12.6. The Bertz CT molecular complexity index is 755. The molecule has 1 aromatic heterocycles. The first-order chi connectivity index (χ1) is 14.8. The van der Waals surface area contributed by atoms with E-state index in [1.54, 1.807) is 12.3 Å². The fourth-order valence-electron chi connectivity index (χ4n) is 2.64. The molecule has 8 heteroatoms. The Balaban J connectivity index is 0.000000591. The van der Waals surface area contributed by atoms with E-state index >= 15 is 0 Å². The Labute approximate surface area is 201 Å². The van der Waals surface area contributed by atoms with Crippen LogP contribution in [-0.4, -0.2) is 24.5 Å². The van der Waals surface area contributed by atoms with E-state index in [0.717, 1.165) is 37.5 Å². The molecule has 1 heterocycles. The number of benzene rings is 1. The van der Waals surface area contributed by atoms with Gasteiger partial charge in [-0.1, -0.05) is 69.4 Å². The summed E-state index contributed by atoms with van der Waals surface area (Å²) in [7, 11) is 0. The van der Waals surface area contributed by atoms with Crippen LogP contribution in [0.1, 0.15) is 53.9 Å². The van der Waals surface area contributed by atoms with Crippen LogP contribution in [-0.2, 0) is 4.79 Å². The van der Waals surface area contributed by atoms with E-state index in [1.165, 1.54) is 24.6 Å². The van der Waals surface area contributed by atoms with Crippen molar-refractivity contribution < 1.29 is 9.18 Å². The molecular weight excluding hydrogens is 460 g/mol. The molecule has 4 nitrogen and oxygen atoms in total. The summed E-state index contributed by atoms with van der Waals surface area (Å²) in [6.07, 6.45) is 5.59. The second kappa shape index (κ2) is 17.0. The standard InChI is InChI=1S/C14H22Cl2N2.C7H5ClFNO.C2H6/c1-4-9-18(10-5-6-11(2)3)13-12(15)7-8-17-14(13)16;8-6-3-5(10-4-11)1-2-7(6)9;1-2/h7-8,11H,4-6,9-10H2,1-3H3;1-4H,(H,10,11);1-2H3. The van der Waals surface area contributed by atoms with Gasteiger partial charge in [0.15, 0.2) is 5.15 Å². The van der Waals surface area contributed by atoms with Crippen LogP contribution in [0.15, 0.2) is 30.5 Å². The quantitative estimate of drug-likeness (QED) is 0.284. The van der Waals surface area contributed by atoms with Crippen molar-refractivity contribution in [3.8, 4) is 0 Å². The van der Waals surface area contributed by atoms with Crippen LogP contribution in [0, 0.1) is 11.7 Å². The molecule has 1 N–H and O–H groups in total. The molecule has 0 atom stereocenters. The molecule has 2 rings (SSSR count). The average Bonchev–Trinajstić information content (AvgIpc) is 2.72. The highest BCUT2D eigenvalue weighted by atomic mass is 35.5. The number of carbonyl (C=O) groups is 1. The van der Waals surface area contributed by atoms with Crippen molar-refractivity contribution in [2.24, 2.45) is 5.92 Å². The van der Waals surface area contributed by atoms with Crippen LogP contribution in [0.4, 0.5) is 15.8 Å². The van der Waals surface area contributed by atoms with Gasteiger partial charge in [0, 0.05) is 25.0 Å². The Morgan fingerprint density at radius 2 is 1.81 bits per heavy atom. The highest BCUT2D eigenvalue weighted by Gasteiger charge is 2.14. The van der Waals surface area contributed by atoms with Crippen molar-refractivity contribution in [2.45, 2.75) is 53.9 Å². The third-order valence-electron chi connectivity index (χ3n) is 3.99. The lowest BCUT2D eigenvalue weighted by atomic mass is 10.1. The van der Waals surface area contributed by atoms with Gasteiger partial charge < -0.3 is 10.2 Å². The smallest absolute Gasteiger partial charge is 0.211 e. The van der Waals surface area contributed by atoms with Gasteiger partial charge in [-0.2, -0.15) is 0 Å². The molecular formula is C23H33Cl3FN3O. The van der Waals surface area contributed by atoms with E-state index in [-0.39, 0.29) is 5.02 Å². The van der Waals surface area contributed by atoms with Gasteiger partial charge in [0.2, 0.25) is 6.41 Å². The summed E-state index contributed by atoms with van der Waals surface area (Å²) >= 11 is 17.8. The third-order valence-corrected chi connectivity index (χ3v) is 4.87. The van der Waals surface area contributed by atoms with Crippen LogP contribution in [0.2, 0.25) is 15.2 Å². The minimum Gasteiger partial charge on any atom is -0.368 e. The molecule has 0 spiro atoms. The molecule has 0 radical (unpaired) electrons. The van der Waals surface area contributed by atoms with Gasteiger partial charge >= 0.3 is 0 Å². The predicted molar refractivity (Wildman–Crippen MR) is 133 cm³/mol. The number of amides is 1. The van der Waals surface area contributed by atoms with Crippen molar-refractivity contribution in [1.82, 2.24) is 4.98 Å². The number of pyridine rings is 1. The highest BCUT2D eigenvalue weighted by Crippen LogP contribution is 2.32. The number of anilines is 2. The summed E-state index contributed by atoms with van der Waals surface area (Å²) in [5.41, 5.74) is 1.36. The Morgan fingerprint density at radius 3 is 2.32 bits per heavy atom. The molecule has 2 aromatic rings. The summed E-state index contributed by atoms with van der Waals surface area (Å²) in [6, 6.07) is 5.75. The average molecular weight is 493 g/mol. The van der Waals surface area contributed by atoms with Gasteiger partial charge in [0.25, 0.3) is 0 Å². The van der Waals surface area contributed by atoms with Crippen LogP contribution >= 0.6 is 34.8 Å². The van der Waals surface area contributed by atoms with E-state index in [9.17, 15) is 9.18 Å². The first kappa shape index (κ1) is 29.4. The topological polar surface area (TPSA) is 45.2 Å². The molecule has 174 valence electrons. The zero-order valence-electron chi connectivity index (χ0n) is 18.9. The maximum Gasteiger partial charge on any atom is 0.211 e. The minimum absolute atomic E-state index is 0.00292. The van der Waals surface area contributed by atoms with Gasteiger partial charge in [0.05, 0.1) is 15.7 Å². The lowest BCUT2D eigenvalue weighted by molar-refractivity contribution is -0.105. The SMILES string of the molecule is CC.CCCN(CCCC(C)C)c1c(Cl)ccnc1Cl.O=CNc1ccc(F)c(Cl)c1. The van der Waals surface area contributed by atoms with Crippen LogP contribution < -0.4 is 10.2 Å². The minimum atomic E-state index is -0.497. The van der Waals surface area contributed by atoms with Crippen molar-refractivity contribution in [2.75, 3.05) is 23.3 Å². The molecule has 0 bridgehead atoms. The largest absolute Gasteiger partial charge is 0.368 e. The molecule has 0 saturated heterocycles. The number of nitrogens with one attached hydrogen (secondary N) is 1. The zero-order valence-corrected chi connectivity index (χ0v) is 21.2. The van der Waals surface area contributed by atoms with Crippen molar-refractivity contribution in [3.05, 3.63) is 51.5 Å². The van der Waals surface area contributed by atoms with Crippen molar-refractivity contribution in [3.63, 3.8) is 0 Å². The van der Waals surface area contributed by atoms with E-state index in [2.05, 4.69) is 36.0 Å². The Morgan fingerprint density at radius 1 is 1.13 bits per heavy atom. The van der Waals surface area contributed by atoms with E-state index in [4.69, 9.17) is 34.8 Å². The first-order valence-corrected chi connectivity index (χ1v) is 11.6. The molecule has 1 aromatic carbocycles. The maximum absolute atomic E-state index is 12.5. The van der Waals surface area contributed by atoms with Crippen LogP contribution in [0.5, 0.6) is 0 Å². The fraction of sp³-hybridized carbons (Fsp3) is 0.478. The molecule has 31 heavy (non-hydrogen) atoms. The normalized spacial score (nSPS) is 9.87. The molecule has 0 aliphatic carbocycles. The monoisotopic (exact) mass is 491 g/mol. The Hall–Kier alpha value is -1.56. The number of hydrogen-bond acceptors (Lipinski definition) is 3. The molecule has 0 saturated carbocycles. The molecule has 0 aliphatic rings. The summed E-state index contributed by atoms with van der Waals surface area (Å²) in [5.74, 6) is 0.233. The van der Waals surface area contributed by atoms with Crippen molar-refractivity contribution >= 4 is 52.6 Å². The molecule has 1 amide bonds.